The lowest BCUT2D eigenvalue weighted by atomic mass is 9.97. The SMILES string of the molecule is Nc1ccc(C2C=CC=CC=C2)cc1NC(=O)c1ccc2nc(N3CCNCC3)ccc2c1. The van der Waals surface area contributed by atoms with Crippen LogP contribution in [0, 0.1) is 0 Å². The largest absolute Gasteiger partial charge is 0.397 e. The van der Waals surface area contributed by atoms with Crippen LogP contribution in [0.4, 0.5) is 17.2 Å². The quantitative estimate of drug-likeness (QED) is 0.532. The van der Waals surface area contributed by atoms with Crippen molar-refractivity contribution in [1.29, 1.82) is 0 Å². The van der Waals surface area contributed by atoms with Gasteiger partial charge in [-0.15, -0.1) is 0 Å². The van der Waals surface area contributed by atoms with Gasteiger partial charge < -0.3 is 21.3 Å². The van der Waals surface area contributed by atoms with Crippen molar-refractivity contribution >= 4 is 34.0 Å². The lowest BCUT2D eigenvalue weighted by molar-refractivity contribution is 0.102. The number of nitrogen functional groups attached to an aromatic ring is 1. The third-order valence-electron chi connectivity index (χ3n) is 6.06. The molecule has 3 aromatic rings. The molecule has 33 heavy (non-hydrogen) atoms. The van der Waals surface area contributed by atoms with E-state index in [1.54, 1.807) is 0 Å². The van der Waals surface area contributed by atoms with E-state index >= 15 is 0 Å². The minimum atomic E-state index is -0.194. The van der Waals surface area contributed by atoms with Crippen LogP contribution < -0.4 is 21.3 Å². The average molecular weight is 438 g/mol. The molecule has 2 heterocycles. The van der Waals surface area contributed by atoms with Crippen molar-refractivity contribution < 1.29 is 4.79 Å². The van der Waals surface area contributed by atoms with Gasteiger partial charge in [0.05, 0.1) is 16.9 Å². The van der Waals surface area contributed by atoms with Gasteiger partial charge in [0, 0.05) is 43.0 Å². The molecule has 1 aliphatic heterocycles. The molecular weight excluding hydrogens is 410 g/mol. The van der Waals surface area contributed by atoms with Crippen LogP contribution in [0.1, 0.15) is 21.8 Å². The summed E-state index contributed by atoms with van der Waals surface area (Å²) in [6.45, 7) is 3.83. The summed E-state index contributed by atoms with van der Waals surface area (Å²) >= 11 is 0. The molecule has 5 rings (SSSR count). The molecule has 0 radical (unpaired) electrons. The number of hydrogen-bond donors (Lipinski definition) is 3. The summed E-state index contributed by atoms with van der Waals surface area (Å²) in [5.74, 6) is 0.913. The van der Waals surface area contributed by atoms with E-state index in [4.69, 9.17) is 10.7 Å². The average Bonchev–Trinajstić information content (AvgIpc) is 3.15. The molecule has 1 fully saturated rings. The molecule has 1 amide bonds. The predicted octanol–water partition coefficient (Wildman–Crippen LogP) is 4.24. The first-order chi connectivity index (χ1) is 16.2. The normalized spacial score (nSPS) is 16.2. The Balaban J connectivity index is 1.36. The topological polar surface area (TPSA) is 83.3 Å². The first kappa shape index (κ1) is 21.0. The maximum absolute atomic E-state index is 13.0. The van der Waals surface area contributed by atoms with E-state index in [2.05, 4.69) is 27.7 Å². The standard InChI is InChI=1S/C27H27N5O/c28-23-10-7-20(19-5-3-1-2-4-6-19)18-25(23)31-27(33)22-8-11-24-21(17-22)9-12-26(30-24)32-15-13-29-14-16-32/h1-12,17-19,29H,13-16,28H2,(H,31,33). The van der Waals surface area contributed by atoms with E-state index in [0.29, 0.717) is 16.9 Å². The summed E-state index contributed by atoms with van der Waals surface area (Å²) in [6, 6.07) is 15.4. The van der Waals surface area contributed by atoms with E-state index in [0.717, 1.165) is 48.5 Å². The molecule has 0 bridgehead atoms. The zero-order valence-electron chi connectivity index (χ0n) is 18.4. The molecule has 6 nitrogen and oxygen atoms in total. The summed E-state index contributed by atoms with van der Waals surface area (Å²) in [4.78, 5) is 20.1. The van der Waals surface area contributed by atoms with Crippen molar-refractivity contribution in [3.63, 3.8) is 0 Å². The fraction of sp³-hybridized carbons (Fsp3) is 0.185. The maximum atomic E-state index is 13.0. The van der Waals surface area contributed by atoms with Crippen molar-refractivity contribution in [3.05, 3.63) is 96.1 Å². The van der Waals surface area contributed by atoms with Crippen molar-refractivity contribution in [2.45, 2.75) is 5.92 Å². The third-order valence-corrected chi connectivity index (χ3v) is 6.06. The number of carbonyl (C=O) groups is 1. The zero-order chi connectivity index (χ0) is 22.6. The van der Waals surface area contributed by atoms with Gasteiger partial charge in [-0.1, -0.05) is 42.5 Å². The van der Waals surface area contributed by atoms with Crippen LogP contribution in [0.5, 0.6) is 0 Å². The molecule has 4 N–H and O–H groups in total. The molecule has 0 atom stereocenters. The number of fused-ring (bicyclic) bond motifs is 1. The number of amides is 1. The number of piperazine rings is 1. The summed E-state index contributed by atoms with van der Waals surface area (Å²) in [5.41, 5.74) is 9.84. The highest BCUT2D eigenvalue weighted by Crippen LogP contribution is 2.28. The Morgan fingerprint density at radius 1 is 0.970 bits per heavy atom. The molecule has 6 heteroatoms. The van der Waals surface area contributed by atoms with Crippen molar-refractivity contribution in [1.82, 2.24) is 10.3 Å². The van der Waals surface area contributed by atoms with Gasteiger partial charge in [0.15, 0.2) is 0 Å². The molecule has 0 spiro atoms. The van der Waals surface area contributed by atoms with Gasteiger partial charge >= 0.3 is 0 Å². The lowest BCUT2D eigenvalue weighted by Gasteiger charge is -2.28. The van der Waals surface area contributed by atoms with Gasteiger partial charge in [-0.25, -0.2) is 4.98 Å². The Morgan fingerprint density at radius 2 is 1.76 bits per heavy atom. The number of nitrogens with zero attached hydrogens (tertiary/aromatic N) is 2. The van der Waals surface area contributed by atoms with Crippen LogP contribution in [0.2, 0.25) is 0 Å². The van der Waals surface area contributed by atoms with Crippen LogP contribution in [0.3, 0.4) is 0 Å². The summed E-state index contributed by atoms with van der Waals surface area (Å²) in [7, 11) is 0. The Kier molecular flexibility index (Phi) is 5.91. The van der Waals surface area contributed by atoms with Crippen LogP contribution in [-0.4, -0.2) is 37.1 Å². The van der Waals surface area contributed by atoms with Crippen molar-refractivity contribution in [2.75, 3.05) is 42.1 Å². The molecule has 0 saturated carbocycles. The molecule has 2 aliphatic rings. The molecule has 166 valence electrons. The van der Waals surface area contributed by atoms with E-state index in [1.807, 2.05) is 72.8 Å². The van der Waals surface area contributed by atoms with E-state index in [9.17, 15) is 4.79 Å². The van der Waals surface area contributed by atoms with Gasteiger partial charge in [-0.3, -0.25) is 4.79 Å². The lowest BCUT2D eigenvalue weighted by Crippen LogP contribution is -2.43. The smallest absolute Gasteiger partial charge is 0.255 e. The van der Waals surface area contributed by atoms with Crippen molar-refractivity contribution in [3.8, 4) is 0 Å². The summed E-state index contributed by atoms with van der Waals surface area (Å²) in [5, 5.41) is 7.28. The zero-order valence-corrected chi connectivity index (χ0v) is 18.4. The number of anilines is 3. The summed E-state index contributed by atoms with van der Waals surface area (Å²) < 4.78 is 0. The minimum Gasteiger partial charge on any atom is -0.397 e. The Morgan fingerprint density at radius 3 is 2.55 bits per heavy atom. The minimum absolute atomic E-state index is 0.132. The van der Waals surface area contributed by atoms with E-state index in [1.165, 1.54) is 0 Å². The Bertz CT molecular complexity index is 1250. The number of nitrogens with one attached hydrogen (secondary N) is 2. The van der Waals surface area contributed by atoms with Gasteiger partial charge in [0.2, 0.25) is 0 Å². The number of rotatable bonds is 4. The summed E-state index contributed by atoms with van der Waals surface area (Å²) in [6.07, 6.45) is 12.3. The van der Waals surface area contributed by atoms with Crippen LogP contribution >= 0.6 is 0 Å². The highest BCUT2D eigenvalue weighted by molar-refractivity contribution is 6.07. The molecular formula is C27H27N5O. The van der Waals surface area contributed by atoms with Crippen LogP contribution in [0.25, 0.3) is 10.9 Å². The van der Waals surface area contributed by atoms with Gasteiger partial charge in [-0.05, 0) is 48.0 Å². The third kappa shape index (κ3) is 4.66. The number of allylic oxidation sites excluding steroid dienone is 6. The fourth-order valence-electron chi connectivity index (χ4n) is 4.19. The van der Waals surface area contributed by atoms with E-state index < -0.39 is 0 Å². The predicted molar refractivity (Wildman–Crippen MR) is 136 cm³/mol. The number of carbonyl (C=O) groups excluding carboxylic acids is 1. The van der Waals surface area contributed by atoms with Crippen molar-refractivity contribution in [2.24, 2.45) is 0 Å². The first-order valence-electron chi connectivity index (χ1n) is 11.3. The van der Waals surface area contributed by atoms with E-state index in [-0.39, 0.29) is 11.8 Å². The number of benzene rings is 2. The molecule has 0 unspecified atom stereocenters. The monoisotopic (exact) mass is 437 g/mol. The molecule has 2 aromatic carbocycles. The second kappa shape index (κ2) is 9.30. The molecule has 1 aromatic heterocycles. The number of hydrogen-bond acceptors (Lipinski definition) is 5. The van der Waals surface area contributed by atoms with Gasteiger partial charge in [0.25, 0.3) is 5.91 Å². The van der Waals surface area contributed by atoms with Crippen LogP contribution in [-0.2, 0) is 0 Å². The Hall–Kier alpha value is -3.90. The van der Waals surface area contributed by atoms with Gasteiger partial charge in [-0.2, -0.15) is 0 Å². The molecule has 1 aliphatic carbocycles. The van der Waals surface area contributed by atoms with Gasteiger partial charge in [0.1, 0.15) is 5.82 Å². The number of nitrogens with two attached hydrogens (primary N) is 1. The van der Waals surface area contributed by atoms with Crippen LogP contribution in [0.15, 0.2) is 85.0 Å². The second-order valence-corrected chi connectivity index (χ2v) is 8.30. The fourth-order valence-corrected chi connectivity index (χ4v) is 4.19. The molecule has 1 saturated heterocycles. The first-order valence-corrected chi connectivity index (χ1v) is 11.3. The highest BCUT2D eigenvalue weighted by atomic mass is 16.1. The highest BCUT2D eigenvalue weighted by Gasteiger charge is 2.14. The number of aromatic nitrogens is 1. The Labute approximate surface area is 193 Å². The second-order valence-electron chi connectivity index (χ2n) is 8.30. The number of pyridine rings is 1. The maximum Gasteiger partial charge on any atom is 0.255 e.